The number of carbonyl (C=O) groups excluding carboxylic acids is 1. The molecular formula is C13H13BF3KO. The Morgan fingerprint density at radius 3 is 2.00 bits per heavy atom. The van der Waals surface area contributed by atoms with E-state index in [1.807, 2.05) is 0 Å². The fraction of sp³-hybridized carbons (Fsp3) is 0.462. The van der Waals surface area contributed by atoms with Gasteiger partial charge in [0, 0.05) is 5.41 Å². The monoisotopic (exact) mass is 292 g/mol. The average molecular weight is 292 g/mol. The number of ketones is 1. The van der Waals surface area contributed by atoms with Crippen LogP contribution in [0.5, 0.6) is 0 Å². The van der Waals surface area contributed by atoms with Crippen molar-refractivity contribution in [3.8, 4) is 0 Å². The van der Waals surface area contributed by atoms with Crippen molar-refractivity contribution >= 4 is 12.8 Å². The summed E-state index contributed by atoms with van der Waals surface area (Å²) in [5.74, 6) is -0.197. The zero-order chi connectivity index (χ0) is 13.0. The normalized spacial score (nSPS) is 28.3. The first-order chi connectivity index (χ1) is 8.44. The van der Waals surface area contributed by atoms with E-state index in [-0.39, 0.29) is 69.2 Å². The fourth-order valence-corrected chi connectivity index (χ4v) is 3.72. The predicted octanol–water partition coefficient (Wildman–Crippen LogP) is 0.458. The smallest absolute Gasteiger partial charge is 0.448 e. The van der Waals surface area contributed by atoms with Crippen LogP contribution in [0.4, 0.5) is 12.9 Å². The molecule has 2 aliphatic rings. The van der Waals surface area contributed by atoms with Crippen molar-refractivity contribution in [3.63, 3.8) is 0 Å². The molecule has 0 amide bonds. The molecular weight excluding hydrogens is 279 g/mol. The zero-order valence-electron chi connectivity index (χ0n) is 10.8. The van der Waals surface area contributed by atoms with Gasteiger partial charge in [0.05, 0.1) is 0 Å². The Balaban J connectivity index is 0.00000133. The van der Waals surface area contributed by atoms with Crippen molar-refractivity contribution in [3.05, 3.63) is 35.9 Å². The summed E-state index contributed by atoms with van der Waals surface area (Å²) in [7, 11) is 0. The molecule has 19 heavy (non-hydrogen) atoms. The Bertz CT molecular complexity index is 498. The van der Waals surface area contributed by atoms with Gasteiger partial charge in [0.25, 0.3) is 0 Å². The van der Waals surface area contributed by atoms with E-state index in [1.165, 1.54) is 12.1 Å². The van der Waals surface area contributed by atoms with E-state index in [4.69, 9.17) is 0 Å². The van der Waals surface area contributed by atoms with Crippen molar-refractivity contribution < 1.29 is 69.1 Å². The molecule has 2 saturated carbocycles. The van der Waals surface area contributed by atoms with E-state index in [9.17, 15) is 17.7 Å². The van der Waals surface area contributed by atoms with Crippen molar-refractivity contribution in [2.75, 3.05) is 0 Å². The maximum Gasteiger partial charge on any atom is 1.00 e. The molecule has 96 valence electrons. The average Bonchev–Trinajstić information content (AvgIpc) is 2.22. The molecule has 1 aromatic rings. The fourth-order valence-electron chi connectivity index (χ4n) is 3.72. The summed E-state index contributed by atoms with van der Waals surface area (Å²) >= 11 is 0. The third-order valence-electron chi connectivity index (χ3n) is 4.88. The molecule has 0 saturated heterocycles. The Morgan fingerprint density at radius 2 is 1.63 bits per heavy atom. The topological polar surface area (TPSA) is 17.1 Å². The molecule has 2 aliphatic carbocycles. The number of rotatable bonds is 2. The van der Waals surface area contributed by atoms with Gasteiger partial charge in [0.1, 0.15) is 5.78 Å². The Kier molecular flexibility index (Phi) is 4.13. The van der Waals surface area contributed by atoms with Crippen molar-refractivity contribution in [2.45, 2.75) is 31.0 Å². The zero-order valence-corrected chi connectivity index (χ0v) is 14.0. The van der Waals surface area contributed by atoms with Gasteiger partial charge in [-0.3, -0.25) is 4.79 Å². The molecule has 1 aromatic carbocycles. The standard InChI is InChI=1S/C13H13BF3O.K/c15-14(16,17)13(10-5-2-1-3-6-10)9-11(18)12(13)7-4-8-12;/h1-3,5-6H,4,7-9H2;/q-1;+1. The van der Waals surface area contributed by atoms with Gasteiger partial charge < -0.3 is 12.9 Å². The number of carbonyl (C=O) groups is 1. The second kappa shape index (κ2) is 4.98. The first-order valence-corrected chi connectivity index (χ1v) is 6.22. The first-order valence-electron chi connectivity index (χ1n) is 6.22. The van der Waals surface area contributed by atoms with Gasteiger partial charge in [-0.25, -0.2) is 0 Å². The quantitative estimate of drug-likeness (QED) is 0.724. The molecule has 0 aliphatic heterocycles. The van der Waals surface area contributed by atoms with Crippen LogP contribution in [0.2, 0.25) is 0 Å². The van der Waals surface area contributed by atoms with Gasteiger partial charge >= 0.3 is 58.4 Å². The predicted molar refractivity (Wildman–Crippen MR) is 63.1 cm³/mol. The number of hydrogen-bond donors (Lipinski definition) is 0. The molecule has 0 radical (unpaired) electrons. The van der Waals surface area contributed by atoms with Crippen molar-refractivity contribution in [1.82, 2.24) is 0 Å². The summed E-state index contributed by atoms with van der Waals surface area (Å²) in [6.45, 7) is -5.07. The molecule has 0 heterocycles. The summed E-state index contributed by atoms with van der Waals surface area (Å²) in [4.78, 5) is 11.8. The minimum Gasteiger partial charge on any atom is -0.448 e. The number of Topliss-reactive ketones (excluding diaryl/α,β-unsaturated/α-hetero) is 1. The van der Waals surface area contributed by atoms with Crippen molar-refractivity contribution in [2.24, 2.45) is 5.41 Å². The van der Waals surface area contributed by atoms with E-state index in [0.29, 0.717) is 12.8 Å². The van der Waals surface area contributed by atoms with Gasteiger partial charge in [-0.2, -0.15) is 0 Å². The summed E-state index contributed by atoms with van der Waals surface area (Å²) in [6, 6.07) is 7.97. The summed E-state index contributed by atoms with van der Waals surface area (Å²) in [5.41, 5.74) is -0.858. The molecule has 0 bridgehead atoms. The van der Waals surface area contributed by atoms with E-state index in [0.717, 1.165) is 6.42 Å². The molecule has 1 atom stereocenters. The number of hydrogen-bond acceptors (Lipinski definition) is 1. The second-order valence-electron chi connectivity index (χ2n) is 5.45. The van der Waals surface area contributed by atoms with Crippen molar-refractivity contribution in [1.29, 1.82) is 0 Å². The minimum absolute atomic E-state index is 0. The molecule has 6 heteroatoms. The van der Waals surface area contributed by atoms with Crippen LogP contribution in [0.3, 0.4) is 0 Å². The van der Waals surface area contributed by atoms with Gasteiger partial charge in [-0.05, 0) is 24.6 Å². The van der Waals surface area contributed by atoms with E-state index < -0.39 is 17.7 Å². The maximum absolute atomic E-state index is 13.6. The van der Waals surface area contributed by atoms with Gasteiger partial charge in [-0.1, -0.05) is 42.3 Å². The van der Waals surface area contributed by atoms with Gasteiger partial charge in [-0.15, -0.1) is 0 Å². The van der Waals surface area contributed by atoms with Crippen LogP contribution >= 0.6 is 0 Å². The Morgan fingerprint density at radius 1 is 1.05 bits per heavy atom. The molecule has 2 fully saturated rings. The summed E-state index contributed by atoms with van der Waals surface area (Å²) in [5, 5.41) is -1.87. The van der Waals surface area contributed by atoms with Crippen LogP contribution in [0.1, 0.15) is 31.2 Å². The van der Waals surface area contributed by atoms with E-state index in [1.54, 1.807) is 18.2 Å². The minimum atomic E-state index is -5.07. The van der Waals surface area contributed by atoms with E-state index >= 15 is 0 Å². The van der Waals surface area contributed by atoms with Crippen LogP contribution < -0.4 is 51.4 Å². The number of halogens is 3. The molecule has 0 N–H and O–H groups in total. The Hall–Kier alpha value is 0.381. The van der Waals surface area contributed by atoms with E-state index in [2.05, 4.69) is 0 Å². The van der Waals surface area contributed by atoms with Crippen LogP contribution in [0, 0.1) is 5.41 Å². The SMILES string of the molecule is O=C1CC(c2ccccc2)([B-](F)(F)F)C12CCC2.[K+]. The molecule has 3 rings (SSSR count). The molecule has 0 aromatic heterocycles. The summed E-state index contributed by atoms with van der Waals surface area (Å²) < 4.78 is 40.9. The number of benzene rings is 1. The summed E-state index contributed by atoms with van der Waals surface area (Å²) in [6.07, 6.45) is 1.15. The van der Waals surface area contributed by atoms with Crippen LogP contribution in [0.25, 0.3) is 0 Å². The third kappa shape index (κ3) is 1.87. The van der Waals surface area contributed by atoms with Gasteiger partial charge in [0.15, 0.2) is 0 Å². The Labute approximate surface area is 152 Å². The first kappa shape index (κ1) is 15.8. The third-order valence-corrected chi connectivity index (χ3v) is 4.88. The van der Waals surface area contributed by atoms with Crippen LogP contribution in [0.15, 0.2) is 30.3 Å². The maximum atomic E-state index is 13.6. The second-order valence-corrected chi connectivity index (χ2v) is 5.45. The largest absolute Gasteiger partial charge is 1.00 e. The molecule has 1 unspecified atom stereocenters. The van der Waals surface area contributed by atoms with Gasteiger partial charge in [0.2, 0.25) is 0 Å². The molecule has 1 spiro atoms. The van der Waals surface area contributed by atoms with Crippen LogP contribution in [-0.4, -0.2) is 12.8 Å². The molecule has 1 nitrogen and oxygen atoms in total. The van der Waals surface area contributed by atoms with Crippen LogP contribution in [-0.2, 0) is 10.1 Å².